The molecule has 126 valence electrons. The number of alkyl halides is 3. The fourth-order valence-electron chi connectivity index (χ4n) is 1.85. The fraction of sp³-hybridized carbons (Fsp3) is 0.364. The highest BCUT2D eigenvalue weighted by molar-refractivity contribution is 7.90. The van der Waals surface area contributed by atoms with Gasteiger partial charge in [-0.25, -0.2) is 13.2 Å². The van der Waals surface area contributed by atoms with Crippen LogP contribution >= 0.6 is 0 Å². The predicted molar refractivity (Wildman–Crippen MR) is 73.4 cm³/mol. The quantitative estimate of drug-likeness (QED) is 0.778. The molecule has 8 nitrogen and oxygen atoms in total. The van der Waals surface area contributed by atoms with Gasteiger partial charge in [0, 0.05) is 6.26 Å². The smallest absolute Gasteiger partial charge is 0.398 e. The largest absolute Gasteiger partial charge is 0.408 e. The molecule has 0 amide bonds. The van der Waals surface area contributed by atoms with Crippen LogP contribution in [0.2, 0.25) is 0 Å². The van der Waals surface area contributed by atoms with Gasteiger partial charge in [0.15, 0.2) is 9.84 Å². The minimum Gasteiger partial charge on any atom is -0.398 e. The van der Waals surface area contributed by atoms with Crippen molar-refractivity contribution in [3.05, 3.63) is 34.2 Å². The van der Waals surface area contributed by atoms with Gasteiger partial charge in [-0.05, 0) is 28.1 Å². The number of anilines is 1. The molecule has 0 bridgehead atoms. The van der Waals surface area contributed by atoms with Crippen LogP contribution in [-0.4, -0.2) is 40.6 Å². The van der Waals surface area contributed by atoms with Crippen LogP contribution in [0.15, 0.2) is 27.9 Å². The minimum atomic E-state index is -4.60. The van der Waals surface area contributed by atoms with Gasteiger partial charge in [0.2, 0.25) is 0 Å². The van der Waals surface area contributed by atoms with Gasteiger partial charge in [-0.3, -0.25) is 0 Å². The van der Waals surface area contributed by atoms with E-state index in [1.165, 1.54) is 18.2 Å². The van der Waals surface area contributed by atoms with Gasteiger partial charge in [-0.15, -0.1) is 0 Å². The van der Waals surface area contributed by atoms with Crippen LogP contribution in [0.4, 0.5) is 18.9 Å². The first-order chi connectivity index (χ1) is 10.5. The Morgan fingerprint density at radius 1 is 1.22 bits per heavy atom. The number of nitrogens with zero attached hydrogens (tertiary/aromatic N) is 4. The lowest BCUT2D eigenvalue weighted by Gasteiger charge is -2.06. The number of hydrogen-bond donors (Lipinski definition) is 1. The molecule has 0 radical (unpaired) electrons. The molecule has 0 aliphatic rings. The summed E-state index contributed by atoms with van der Waals surface area (Å²) < 4.78 is 60.8. The second-order valence-electron chi connectivity index (χ2n) is 4.84. The van der Waals surface area contributed by atoms with Crippen LogP contribution in [0.3, 0.4) is 0 Å². The van der Waals surface area contributed by atoms with Crippen molar-refractivity contribution < 1.29 is 21.6 Å². The fourth-order valence-corrected chi connectivity index (χ4v) is 2.71. The Morgan fingerprint density at radius 2 is 1.83 bits per heavy atom. The van der Waals surface area contributed by atoms with E-state index in [1.54, 1.807) is 0 Å². The summed E-state index contributed by atoms with van der Waals surface area (Å²) in [5, 5.41) is 6.49. The summed E-state index contributed by atoms with van der Waals surface area (Å²) in [7, 11) is -3.58. The first-order valence-electron chi connectivity index (χ1n) is 6.13. The third-order valence-electron chi connectivity index (χ3n) is 2.84. The SMILES string of the molecule is CS(=O)(=O)c1cc(Cn2nnn(CC(F)(F)F)c2=O)ccc1N. The van der Waals surface area contributed by atoms with E-state index < -0.39 is 28.2 Å². The van der Waals surface area contributed by atoms with E-state index in [1.807, 2.05) is 0 Å². The average Bonchev–Trinajstić information content (AvgIpc) is 2.70. The number of sulfone groups is 1. The molecule has 0 unspecified atom stereocenters. The van der Waals surface area contributed by atoms with E-state index in [0.29, 0.717) is 10.2 Å². The molecular weight excluding hydrogens is 339 g/mol. The summed E-state index contributed by atoms with van der Waals surface area (Å²) in [6.45, 7) is -1.79. The molecule has 0 saturated carbocycles. The van der Waals surface area contributed by atoms with Crippen molar-refractivity contribution in [2.45, 2.75) is 24.2 Å². The first kappa shape index (κ1) is 17.0. The molecule has 0 aliphatic carbocycles. The Labute approximate surface area is 128 Å². The molecule has 1 aromatic heterocycles. The molecule has 23 heavy (non-hydrogen) atoms. The lowest BCUT2D eigenvalue weighted by atomic mass is 10.2. The third-order valence-corrected chi connectivity index (χ3v) is 3.99. The predicted octanol–water partition coefficient (Wildman–Crippen LogP) is 0.0361. The van der Waals surface area contributed by atoms with Crippen molar-refractivity contribution >= 4 is 15.5 Å². The number of halogens is 3. The molecule has 2 rings (SSSR count). The van der Waals surface area contributed by atoms with Crippen molar-refractivity contribution in [2.75, 3.05) is 12.0 Å². The van der Waals surface area contributed by atoms with E-state index in [2.05, 4.69) is 10.4 Å². The zero-order valence-electron chi connectivity index (χ0n) is 11.8. The maximum atomic E-state index is 12.3. The number of nitrogen functional groups attached to an aromatic ring is 1. The van der Waals surface area contributed by atoms with Crippen LogP contribution in [0, 0.1) is 0 Å². The first-order valence-corrected chi connectivity index (χ1v) is 8.02. The molecule has 1 aromatic carbocycles. The van der Waals surface area contributed by atoms with Crippen molar-refractivity contribution in [3.63, 3.8) is 0 Å². The maximum absolute atomic E-state index is 12.3. The van der Waals surface area contributed by atoms with Gasteiger partial charge in [0.05, 0.1) is 17.1 Å². The van der Waals surface area contributed by atoms with Crippen LogP contribution in [0.1, 0.15) is 5.56 Å². The van der Waals surface area contributed by atoms with E-state index in [9.17, 15) is 26.4 Å². The van der Waals surface area contributed by atoms with Gasteiger partial charge in [-0.2, -0.15) is 22.5 Å². The lowest BCUT2D eigenvalue weighted by molar-refractivity contribution is -0.143. The van der Waals surface area contributed by atoms with E-state index in [-0.39, 0.29) is 21.8 Å². The molecule has 0 spiro atoms. The van der Waals surface area contributed by atoms with Gasteiger partial charge < -0.3 is 5.73 Å². The van der Waals surface area contributed by atoms with Gasteiger partial charge in [-0.1, -0.05) is 6.07 Å². The van der Waals surface area contributed by atoms with Gasteiger partial charge in [0.1, 0.15) is 6.54 Å². The Kier molecular flexibility index (Phi) is 4.20. The van der Waals surface area contributed by atoms with Crippen LogP contribution in [0.5, 0.6) is 0 Å². The molecule has 12 heteroatoms. The summed E-state index contributed by atoms with van der Waals surface area (Å²) in [5.74, 6) is 0. The van der Waals surface area contributed by atoms with Crippen LogP contribution in [-0.2, 0) is 22.9 Å². The van der Waals surface area contributed by atoms with E-state index in [0.717, 1.165) is 6.26 Å². The number of rotatable bonds is 4. The summed E-state index contributed by atoms with van der Waals surface area (Å²) in [4.78, 5) is 11.6. The molecule has 0 atom stereocenters. The van der Waals surface area contributed by atoms with Crippen molar-refractivity contribution in [2.24, 2.45) is 0 Å². The van der Waals surface area contributed by atoms with Gasteiger partial charge >= 0.3 is 11.9 Å². The minimum absolute atomic E-state index is 0.0318. The number of hydrogen-bond acceptors (Lipinski definition) is 6. The Bertz CT molecular complexity index is 885. The Hall–Kier alpha value is -2.37. The molecule has 0 saturated heterocycles. The maximum Gasteiger partial charge on any atom is 0.408 e. The number of tetrazole rings is 1. The molecule has 2 N–H and O–H groups in total. The zero-order valence-corrected chi connectivity index (χ0v) is 12.6. The summed E-state index contributed by atoms with van der Waals surface area (Å²) in [6, 6.07) is 4.01. The topological polar surface area (TPSA) is 113 Å². The third kappa shape index (κ3) is 4.09. The molecule has 2 aromatic rings. The molecular formula is C11H12F3N5O3S. The average molecular weight is 351 g/mol. The number of aromatic nitrogens is 4. The number of benzene rings is 1. The second-order valence-corrected chi connectivity index (χ2v) is 6.82. The normalized spacial score (nSPS) is 12.5. The zero-order chi connectivity index (χ0) is 17.4. The van der Waals surface area contributed by atoms with E-state index in [4.69, 9.17) is 5.73 Å². The highest BCUT2D eigenvalue weighted by Gasteiger charge is 2.30. The highest BCUT2D eigenvalue weighted by atomic mass is 32.2. The number of nitrogens with two attached hydrogens (primary N) is 1. The lowest BCUT2D eigenvalue weighted by Crippen LogP contribution is -2.31. The van der Waals surface area contributed by atoms with Crippen LogP contribution in [0.25, 0.3) is 0 Å². The Morgan fingerprint density at radius 3 is 2.39 bits per heavy atom. The standard InChI is InChI=1S/C11H12F3N5O3S/c1-23(21,22)9-4-7(2-3-8(9)15)5-18-10(20)19(17-16-18)6-11(12,13)14/h2-4H,5-6,15H2,1H3. The summed E-state index contributed by atoms with van der Waals surface area (Å²) >= 11 is 0. The summed E-state index contributed by atoms with van der Waals surface area (Å²) in [6.07, 6.45) is -3.64. The van der Waals surface area contributed by atoms with Crippen LogP contribution < -0.4 is 11.4 Å². The second kappa shape index (κ2) is 5.68. The summed E-state index contributed by atoms with van der Waals surface area (Å²) in [5.41, 5.74) is 4.88. The van der Waals surface area contributed by atoms with E-state index >= 15 is 0 Å². The molecule has 0 fully saturated rings. The monoisotopic (exact) mass is 351 g/mol. The highest BCUT2D eigenvalue weighted by Crippen LogP contribution is 2.20. The Balaban J connectivity index is 2.33. The van der Waals surface area contributed by atoms with Crippen molar-refractivity contribution in [1.82, 2.24) is 19.8 Å². The van der Waals surface area contributed by atoms with Crippen molar-refractivity contribution in [1.29, 1.82) is 0 Å². The van der Waals surface area contributed by atoms with Crippen molar-refractivity contribution in [3.8, 4) is 0 Å². The molecule has 0 aliphatic heterocycles. The molecule has 1 heterocycles. The van der Waals surface area contributed by atoms with Gasteiger partial charge in [0.25, 0.3) is 0 Å².